The molecule has 1 atom stereocenters. The predicted molar refractivity (Wildman–Crippen MR) is 99.7 cm³/mol. The van der Waals surface area contributed by atoms with Crippen molar-refractivity contribution in [3.05, 3.63) is 54.1 Å². The number of nitrogens with zero attached hydrogens (tertiary/aromatic N) is 2. The van der Waals surface area contributed by atoms with E-state index in [1.54, 1.807) is 19.2 Å². The number of methoxy groups -OCH3 is 1. The van der Waals surface area contributed by atoms with Crippen LogP contribution in [0.3, 0.4) is 0 Å². The van der Waals surface area contributed by atoms with Crippen molar-refractivity contribution in [1.29, 1.82) is 5.26 Å². The predicted octanol–water partition coefficient (Wildman–Crippen LogP) is 2.37. The lowest BCUT2D eigenvalue weighted by molar-refractivity contribution is 0.414. The molecule has 0 unspecified atom stereocenters. The first-order valence-corrected chi connectivity index (χ1v) is 9.89. The van der Waals surface area contributed by atoms with Crippen molar-refractivity contribution < 1.29 is 13.2 Å². The van der Waals surface area contributed by atoms with Crippen LogP contribution < -0.4 is 14.4 Å². The normalized spacial score (nSPS) is 17.1. The van der Waals surface area contributed by atoms with Crippen LogP contribution in [0.25, 0.3) is 0 Å². The lowest BCUT2D eigenvalue weighted by atomic mass is 10.1. The molecule has 2 aromatic rings. The minimum absolute atomic E-state index is 0.121. The van der Waals surface area contributed by atoms with Gasteiger partial charge in [0.1, 0.15) is 5.75 Å². The molecule has 6 nitrogen and oxygen atoms in total. The quantitative estimate of drug-likeness (QED) is 0.843. The molecule has 26 heavy (non-hydrogen) atoms. The topological polar surface area (TPSA) is 82.4 Å². The zero-order valence-corrected chi connectivity index (χ0v) is 15.4. The number of rotatable bonds is 6. The van der Waals surface area contributed by atoms with Crippen LogP contribution in [0.5, 0.6) is 5.75 Å². The van der Waals surface area contributed by atoms with Crippen LogP contribution in [-0.2, 0) is 10.0 Å². The second kappa shape index (κ2) is 7.77. The Kier molecular flexibility index (Phi) is 5.45. The van der Waals surface area contributed by atoms with Gasteiger partial charge in [-0.3, -0.25) is 0 Å². The third-order valence-electron chi connectivity index (χ3n) is 4.55. The third kappa shape index (κ3) is 3.98. The number of para-hydroxylation sites is 2. The summed E-state index contributed by atoms with van der Waals surface area (Å²) in [5.41, 5.74) is 1.36. The summed E-state index contributed by atoms with van der Waals surface area (Å²) in [6.07, 6.45) is 0.902. The van der Waals surface area contributed by atoms with Crippen LogP contribution in [0.15, 0.2) is 53.4 Å². The molecule has 2 aromatic carbocycles. The van der Waals surface area contributed by atoms with E-state index in [2.05, 4.69) is 9.62 Å². The van der Waals surface area contributed by atoms with Crippen molar-refractivity contribution in [3.63, 3.8) is 0 Å². The standard InChI is InChI=1S/C19H21N3O3S/c1-25-19-8-3-2-7-18(19)22-10-9-16(14-22)13-21-26(23,24)17-6-4-5-15(11-17)12-20/h2-8,11,16,21H,9-10,13-14H2,1H3/t16-/m0/s1. The fourth-order valence-corrected chi connectivity index (χ4v) is 4.31. The van der Waals surface area contributed by atoms with Gasteiger partial charge in [0.2, 0.25) is 10.0 Å². The average molecular weight is 371 g/mol. The van der Waals surface area contributed by atoms with Gasteiger partial charge < -0.3 is 9.64 Å². The maximum atomic E-state index is 12.5. The Hall–Kier alpha value is -2.56. The second-order valence-electron chi connectivity index (χ2n) is 6.26. The molecule has 0 radical (unpaired) electrons. The number of anilines is 1. The SMILES string of the molecule is COc1ccccc1N1CC[C@@H](CNS(=O)(=O)c2cccc(C#N)c2)C1. The summed E-state index contributed by atoms with van der Waals surface area (Å²) in [4.78, 5) is 2.34. The number of nitrogens with one attached hydrogen (secondary N) is 1. The van der Waals surface area contributed by atoms with Gasteiger partial charge in [-0.15, -0.1) is 0 Å². The van der Waals surface area contributed by atoms with Gasteiger partial charge in [-0.05, 0) is 42.7 Å². The van der Waals surface area contributed by atoms with E-state index in [9.17, 15) is 8.42 Å². The van der Waals surface area contributed by atoms with E-state index in [1.165, 1.54) is 12.1 Å². The van der Waals surface area contributed by atoms with Gasteiger partial charge in [-0.2, -0.15) is 5.26 Å². The van der Waals surface area contributed by atoms with Gasteiger partial charge in [0.15, 0.2) is 0 Å². The van der Waals surface area contributed by atoms with Crippen molar-refractivity contribution in [1.82, 2.24) is 4.72 Å². The Morgan fingerprint density at radius 1 is 1.27 bits per heavy atom. The molecule has 1 heterocycles. The monoisotopic (exact) mass is 371 g/mol. The van der Waals surface area contributed by atoms with Gasteiger partial charge in [0, 0.05) is 19.6 Å². The maximum absolute atomic E-state index is 12.5. The number of nitriles is 1. The van der Waals surface area contributed by atoms with Crippen LogP contribution in [-0.4, -0.2) is 35.2 Å². The first kappa shape index (κ1) is 18.2. The number of benzene rings is 2. The Morgan fingerprint density at radius 2 is 2.08 bits per heavy atom. The number of hydrogen-bond donors (Lipinski definition) is 1. The molecule has 136 valence electrons. The Morgan fingerprint density at radius 3 is 2.85 bits per heavy atom. The zero-order chi connectivity index (χ0) is 18.6. The third-order valence-corrected chi connectivity index (χ3v) is 5.97. The van der Waals surface area contributed by atoms with Crippen LogP contribution in [0.2, 0.25) is 0 Å². The average Bonchev–Trinajstić information content (AvgIpc) is 3.15. The molecule has 0 bridgehead atoms. The Balaban J connectivity index is 1.63. The van der Waals surface area contributed by atoms with Gasteiger partial charge in [0.05, 0.1) is 29.3 Å². The fourth-order valence-electron chi connectivity index (χ4n) is 3.15. The lowest BCUT2D eigenvalue weighted by Gasteiger charge is -2.21. The molecule has 7 heteroatoms. The minimum atomic E-state index is -3.62. The lowest BCUT2D eigenvalue weighted by Crippen LogP contribution is -2.31. The van der Waals surface area contributed by atoms with E-state index in [1.807, 2.05) is 30.3 Å². The van der Waals surface area contributed by atoms with Crippen molar-refractivity contribution in [3.8, 4) is 11.8 Å². The van der Waals surface area contributed by atoms with Crippen molar-refractivity contribution in [2.24, 2.45) is 5.92 Å². The van der Waals surface area contributed by atoms with Crippen molar-refractivity contribution in [2.75, 3.05) is 31.6 Å². The molecule has 3 rings (SSSR count). The second-order valence-corrected chi connectivity index (χ2v) is 8.03. The summed E-state index contributed by atoms with van der Waals surface area (Å²) in [5.74, 6) is 1.04. The number of hydrogen-bond acceptors (Lipinski definition) is 5. The van der Waals surface area contributed by atoms with E-state index in [0.29, 0.717) is 12.1 Å². The fraction of sp³-hybridized carbons (Fsp3) is 0.316. The molecule has 1 saturated heterocycles. The Labute approximate surface area is 154 Å². The molecule has 1 aliphatic rings. The molecule has 1 aliphatic heterocycles. The van der Waals surface area contributed by atoms with E-state index in [0.717, 1.165) is 30.9 Å². The summed E-state index contributed by atoms with van der Waals surface area (Å²) in [5, 5.41) is 8.93. The van der Waals surface area contributed by atoms with Gasteiger partial charge >= 0.3 is 0 Å². The molecule has 0 spiro atoms. The zero-order valence-electron chi connectivity index (χ0n) is 14.6. The summed E-state index contributed by atoms with van der Waals surface area (Å²) in [6.45, 7) is 1.99. The highest BCUT2D eigenvalue weighted by Crippen LogP contribution is 2.31. The highest BCUT2D eigenvalue weighted by molar-refractivity contribution is 7.89. The maximum Gasteiger partial charge on any atom is 0.240 e. The van der Waals surface area contributed by atoms with Crippen LogP contribution in [0.4, 0.5) is 5.69 Å². The first-order chi connectivity index (χ1) is 12.5. The van der Waals surface area contributed by atoms with Crippen LogP contribution in [0.1, 0.15) is 12.0 Å². The van der Waals surface area contributed by atoms with E-state index >= 15 is 0 Å². The molecule has 1 N–H and O–H groups in total. The van der Waals surface area contributed by atoms with E-state index in [-0.39, 0.29) is 10.8 Å². The van der Waals surface area contributed by atoms with Gasteiger partial charge in [0.25, 0.3) is 0 Å². The molecule has 1 fully saturated rings. The smallest absolute Gasteiger partial charge is 0.240 e. The van der Waals surface area contributed by atoms with Crippen LogP contribution in [0, 0.1) is 17.2 Å². The molecule has 0 aromatic heterocycles. The van der Waals surface area contributed by atoms with E-state index < -0.39 is 10.0 Å². The van der Waals surface area contributed by atoms with Gasteiger partial charge in [-0.1, -0.05) is 18.2 Å². The molecular weight excluding hydrogens is 350 g/mol. The highest BCUT2D eigenvalue weighted by atomic mass is 32.2. The first-order valence-electron chi connectivity index (χ1n) is 8.41. The van der Waals surface area contributed by atoms with Gasteiger partial charge in [-0.25, -0.2) is 13.1 Å². The van der Waals surface area contributed by atoms with Crippen LogP contribution >= 0.6 is 0 Å². The van der Waals surface area contributed by atoms with E-state index in [4.69, 9.17) is 10.00 Å². The largest absolute Gasteiger partial charge is 0.495 e. The number of ether oxygens (including phenoxy) is 1. The molecular formula is C19H21N3O3S. The van der Waals surface area contributed by atoms with Crippen molar-refractivity contribution >= 4 is 15.7 Å². The van der Waals surface area contributed by atoms with Crippen molar-refractivity contribution in [2.45, 2.75) is 11.3 Å². The summed E-state index contributed by atoms with van der Waals surface area (Å²) >= 11 is 0. The number of sulfonamides is 1. The molecule has 0 amide bonds. The summed E-state index contributed by atoms with van der Waals surface area (Å²) < 4.78 is 33.0. The Bertz CT molecular complexity index is 922. The minimum Gasteiger partial charge on any atom is -0.495 e. The summed E-state index contributed by atoms with van der Waals surface area (Å²) in [6, 6.07) is 15.8. The molecule has 0 saturated carbocycles. The summed E-state index contributed by atoms with van der Waals surface area (Å²) in [7, 11) is -1.97. The highest BCUT2D eigenvalue weighted by Gasteiger charge is 2.26. The molecule has 0 aliphatic carbocycles.